The number of benzene rings is 1. The summed E-state index contributed by atoms with van der Waals surface area (Å²) in [5.74, 6) is 0.655. The minimum atomic E-state index is 0.619. The molecule has 3 N–H and O–H groups in total. The Morgan fingerprint density at radius 3 is 2.81 bits per heavy atom. The van der Waals surface area contributed by atoms with Crippen LogP contribution >= 0.6 is 34.2 Å². The number of aromatic nitrogens is 2. The van der Waals surface area contributed by atoms with E-state index >= 15 is 0 Å². The van der Waals surface area contributed by atoms with Gasteiger partial charge in [-0.05, 0) is 40.8 Å². The van der Waals surface area contributed by atoms with Gasteiger partial charge in [0.05, 0.1) is 11.4 Å². The largest absolute Gasteiger partial charge is 0.394 e. The van der Waals surface area contributed by atoms with Crippen molar-refractivity contribution in [2.24, 2.45) is 7.05 Å². The Kier molecular flexibility index (Phi) is 3.25. The van der Waals surface area contributed by atoms with Gasteiger partial charge in [0.15, 0.2) is 5.82 Å². The molecule has 84 valence electrons. The summed E-state index contributed by atoms with van der Waals surface area (Å²) in [6.45, 7) is 0. The van der Waals surface area contributed by atoms with Gasteiger partial charge >= 0.3 is 0 Å². The number of nitrogen functional groups attached to an aromatic ring is 1. The maximum absolute atomic E-state index is 5.88. The van der Waals surface area contributed by atoms with E-state index in [2.05, 4.69) is 33.0 Å². The van der Waals surface area contributed by atoms with Crippen molar-refractivity contribution < 1.29 is 0 Å². The summed E-state index contributed by atoms with van der Waals surface area (Å²) in [7, 11) is 1.83. The third-order valence-electron chi connectivity index (χ3n) is 2.04. The van der Waals surface area contributed by atoms with Crippen molar-refractivity contribution >= 4 is 51.4 Å². The normalized spacial score (nSPS) is 10.4. The van der Waals surface area contributed by atoms with Gasteiger partial charge < -0.3 is 11.1 Å². The van der Waals surface area contributed by atoms with Crippen LogP contribution in [-0.2, 0) is 7.05 Å². The van der Waals surface area contributed by atoms with Gasteiger partial charge in [0.25, 0.3) is 0 Å². The zero-order chi connectivity index (χ0) is 11.7. The van der Waals surface area contributed by atoms with Crippen molar-refractivity contribution in [1.29, 1.82) is 0 Å². The molecule has 2 aromatic rings. The van der Waals surface area contributed by atoms with Gasteiger partial charge in [0.2, 0.25) is 0 Å². The zero-order valence-corrected chi connectivity index (χ0v) is 11.5. The molecule has 0 amide bonds. The Morgan fingerprint density at radius 2 is 2.25 bits per heavy atom. The highest BCUT2D eigenvalue weighted by Crippen LogP contribution is 2.27. The molecule has 0 spiro atoms. The Bertz CT molecular complexity index is 524. The summed E-state index contributed by atoms with van der Waals surface area (Å²) < 4.78 is 2.69. The second-order valence-electron chi connectivity index (χ2n) is 3.36. The maximum Gasteiger partial charge on any atom is 0.175 e. The van der Waals surface area contributed by atoms with Crippen LogP contribution in [0.4, 0.5) is 17.2 Å². The number of aryl methyl sites for hydroxylation is 1. The van der Waals surface area contributed by atoms with Gasteiger partial charge in [-0.2, -0.15) is 5.10 Å². The molecule has 0 aliphatic heterocycles. The molecule has 1 heterocycles. The lowest BCUT2D eigenvalue weighted by Gasteiger charge is -2.06. The van der Waals surface area contributed by atoms with Gasteiger partial charge in [0, 0.05) is 21.8 Å². The highest BCUT2D eigenvalue weighted by Gasteiger charge is 2.06. The molecule has 0 unspecified atom stereocenters. The number of halogens is 2. The highest BCUT2D eigenvalue weighted by molar-refractivity contribution is 14.1. The van der Waals surface area contributed by atoms with Crippen LogP contribution in [0.5, 0.6) is 0 Å². The van der Waals surface area contributed by atoms with Gasteiger partial charge in [-0.15, -0.1) is 0 Å². The molecule has 0 aliphatic rings. The SMILES string of the molecule is Cn1cc(N)c(Nc2ccc(Cl)cc2I)n1. The van der Waals surface area contributed by atoms with Crippen molar-refractivity contribution in [1.82, 2.24) is 9.78 Å². The summed E-state index contributed by atoms with van der Waals surface area (Å²) in [5.41, 5.74) is 7.35. The number of nitrogens with two attached hydrogens (primary N) is 1. The molecule has 1 aromatic carbocycles. The Balaban J connectivity index is 2.30. The van der Waals surface area contributed by atoms with E-state index in [1.54, 1.807) is 10.9 Å². The second-order valence-corrected chi connectivity index (χ2v) is 4.95. The number of anilines is 3. The lowest BCUT2D eigenvalue weighted by Crippen LogP contribution is -1.97. The molecule has 0 aliphatic carbocycles. The number of hydrogen-bond acceptors (Lipinski definition) is 3. The maximum atomic E-state index is 5.88. The monoisotopic (exact) mass is 348 g/mol. The molecule has 1 aromatic heterocycles. The average molecular weight is 349 g/mol. The van der Waals surface area contributed by atoms with E-state index in [4.69, 9.17) is 17.3 Å². The van der Waals surface area contributed by atoms with E-state index in [9.17, 15) is 0 Å². The lowest BCUT2D eigenvalue weighted by atomic mass is 10.3. The van der Waals surface area contributed by atoms with E-state index in [0.29, 0.717) is 16.5 Å². The number of nitrogens with zero attached hydrogens (tertiary/aromatic N) is 2. The molecule has 0 fully saturated rings. The van der Waals surface area contributed by atoms with Crippen LogP contribution in [0, 0.1) is 3.57 Å². The number of hydrogen-bond donors (Lipinski definition) is 2. The predicted octanol–water partition coefficient (Wildman–Crippen LogP) is 3.00. The van der Waals surface area contributed by atoms with Crippen molar-refractivity contribution in [2.45, 2.75) is 0 Å². The van der Waals surface area contributed by atoms with E-state index in [-0.39, 0.29) is 0 Å². The minimum Gasteiger partial charge on any atom is -0.394 e. The van der Waals surface area contributed by atoms with E-state index in [0.717, 1.165) is 9.26 Å². The molecule has 6 heteroatoms. The average Bonchev–Trinajstić information content (AvgIpc) is 2.50. The second kappa shape index (κ2) is 4.50. The van der Waals surface area contributed by atoms with Crippen LogP contribution in [0.3, 0.4) is 0 Å². The fourth-order valence-corrected chi connectivity index (χ4v) is 2.33. The van der Waals surface area contributed by atoms with Crippen molar-refractivity contribution in [3.63, 3.8) is 0 Å². The molecule has 0 radical (unpaired) electrons. The topological polar surface area (TPSA) is 55.9 Å². The van der Waals surface area contributed by atoms with Crippen LogP contribution in [-0.4, -0.2) is 9.78 Å². The lowest BCUT2D eigenvalue weighted by molar-refractivity contribution is 0.771. The summed E-state index contributed by atoms with van der Waals surface area (Å²) in [6.07, 6.45) is 1.76. The fourth-order valence-electron chi connectivity index (χ4n) is 1.32. The summed E-state index contributed by atoms with van der Waals surface area (Å²) in [5, 5.41) is 8.09. The van der Waals surface area contributed by atoms with Gasteiger partial charge in [-0.3, -0.25) is 4.68 Å². The van der Waals surface area contributed by atoms with Crippen molar-refractivity contribution in [3.05, 3.63) is 33.0 Å². The molecule has 16 heavy (non-hydrogen) atoms. The molecule has 0 atom stereocenters. The molecule has 4 nitrogen and oxygen atoms in total. The van der Waals surface area contributed by atoms with Crippen LogP contribution in [0.25, 0.3) is 0 Å². The predicted molar refractivity (Wildman–Crippen MR) is 75.1 cm³/mol. The molecule has 0 saturated heterocycles. The van der Waals surface area contributed by atoms with E-state index < -0.39 is 0 Å². The third kappa shape index (κ3) is 2.41. The standard InChI is InChI=1S/C10H10ClIN4/c1-16-5-8(13)10(15-16)14-9-3-2-6(11)4-7(9)12/h2-5H,13H2,1H3,(H,14,15). The Morgan fingerprint density at radius 1 is 1.50 bits per heavy atom. The summed E-state index contributed by atoms with van der Waals surface area (Å²) >= 11 is 8.09. The number of nitrogens with one attached hydrogen (secondary N) is 1. The van der Waals surface area contributed by atoms with E-state index in [1.165, 1.54) is 0 Å². The Labute approximate surface area is 112 Å². The first-order chi connectivity index (χ1) is 7.56. The van der Waals surface area contributed by atoms with Crippen LogP contribution in [0.2, 0.25) is 5.02 Å². The van der Waals surface area contributed by atoms with Gasteiger partial charge in [-0.1, -0.05) is 11.6 Å². The quantitative estimate of drug-likeness (QED) is 0.820. The molecular formula is C10H10ClIN4. The molecule has 0 bridgehead atoms. The highest BCUT2D eigenvalue weighted by atomic mass is 127. The fraction of sp³-hybridized carbons (Fsp3) is 0.100. The summed E-state index contributed by atoms with van der Waals surface area (Å²) in [4.78, 5) is 0. The molecule has 2 rings (SSSR count). The van der Waals surface area contributed by atoms with Crippen LogP contribution < -0.4 is 11.1 Å². The first-order valence-electron chi connectivity index (χ1n) is 4.57. The third-order valence-corrected chi connectivity index (χ3v) is 3.17. The molecular weight excluding hydrogens is 338 g/mol. The smallest absolute Gasteiger partial charge is 0.175 e. The van der Waals surface area contributed by atoms with Crippen LogP contribution in [0.15, 0.2) is 24.4 Å². The minimum absolute atomic E-state index is 0.619. The molecule has 0 saturated carbocycles. The first-order valence-corrected chi connectivity index (χ1v) is 6.03. The van der Waals surface area contributed by atoms with Crippen molar-refractivity contribution in [3.8, 4) is 0 Å². The number of rotatable bonds is 2. The van der Waals surface area contributed by atoms with Crippen molar-refractivity contribution in [2.75, 3.05) is 11.1 Å². The van der Waals surface area contributed by atoms with Gasteiger partial charge in [-0.25, -0.2) is 0 Å². The van der Waals surface area contributed by atoms with Gasteiger partial charge in [0.1, 0.15) is 0 Å². The Hall–Kier alpha value is -0.950. The zero-order valence-electron chi connectivity index (χ0n) is 8.54. The summed E-state index contributed by atoms with van der Waals surface area (Å²) in [6, 6.07) is 5.60. The van der Waals surface area contributed by atoms with E-state index in [1.807, 2.05) is 25.2 Å². The van der Waals surface area contributed by atoms with Crippen LogP contribution in [0.1, 0.15) is 0 Å². The first kappa shape index (κ1) is 11.5.